The molecule has 0 aliphatic carbocycles. The predicted molar refractivity (Wildman–Crippen MR) is 57.7 cm³/mol. The third-order valence-corrected chi connectivity index (χ3v) is 2.42. The number of hydrogen-bond donors (Lipinski definition) is 1. The first-order valence-corrected chi connectivity index (χ1v) is 8.34. The highest BCUT2D eigenvalue weighted by atomic mass is 28.4. The van der Waals surface area contributed by atoms with Crippen molar-refractivity contribution >= 4 is 8.32 Å². The molecule has 0 rings (SSSR count). The van der Waals surface area contributed by atoms with Gasteiger partial charge in [-0.3, -0.25) is 0 Å². The van der Waals surface area contributed by atoms with Crippen LogP contribution in [0.5, 0.6) is 0 Å². The molecule has 1 N–H and O–H groups in total. The van der Waals surface area contributed by atoms with Crippen LogP contribution < -0.4 is 0 Å². The Bertz CT molecular complexity index is 133. The van der Waals surface area contributed by atoms with Crippen LogP contribution in [0.3, 0.4) is 0 Å². The van der Waals surface area contributed by atoms with Crippen molar-refractivity contribution in [2.75, 3.05) is 26.4 Å². The standard InChI is InChI=1S/C9H22O4Si/c1-9(10)12-7-5-11-6-8-13-14(2,3)4/h9-10H,5-8H2,1-4H3. The molecule has 0 aliphatic heterocycles. The van der Waals surface area contributed by atoms with E-state index >= 15 is 0 Å². The van der Waals surface area contributed by atoms with Crippen LogP contribution in [0.15, 0.2) is 0 Å². The summed E-state index contributed by atoms with van der Waals surface area (Å²) < 4.78 is 15.7. The zero-order chi connectivity index (χ0) is 11.0. The SMILES string of the molecule is CC(O)OCCOCCO[Si](C)(C)C. The summed E-state index contributed by atoms with van der Waals surface area (Å²) in [5.74, 6) is 0. The lowest BCUT2D eigenvalue weighted by Gasteiger charge is -2.16. The van der Waals surface area contributed by atoms with Crippen LogP contribution >= 0.6 is 0 Å². The molecule has 86 valence electrons. The van der Waals surface area contributed by atoms with Crippen molar-refractivity contribution in [1.82, 2.24) is 0 Å². The van der Waals surface area contributed by atoms with Crippen LogP contribution in [0.25, 0.3) is 0 Å². The highest BCUT2D eigenvalue weighted by Crippen LogP contribution is 2.01. The molecule has 0 aromatic heterocycles. The molecule has 0 saturated heterocycles. The highest BCUT2D eigenvalue weighted by Gasteiger charge is 2.12. The van der Waals surface area contributed by atoms with E-state index in [2.05, 4.69) is 19.6 Å². The quantitative estimate of drug-likeness (QED) is 0.381. The first-order valence-electron chi connectivity index (χ1n) is 4.93. The van der Waals surface area contributed by atoms with Crippen molar-refractivity contribution in [3.05, 3.63) is 0 Å². The van der Waals surface area contributed by atoms with Crippen molar-refractivity contribution in [2.24, 2.45) is 0 Å². The van der Waals surface area contributed by atoms with E-state index in [4.69, 9.17) is 19.0 Å². The molecule has 5 heteroatoms. The first-order chi connectivity index (χ1) is 6.42. The lowest BCUT2D eigenvalue weighted by atomic mass is 10.7. The summed E-state index contributed by atoms with van der Waals surface area (Å²) in [4.78, 5) is 0. The molecule has 0 bridgehead atoms. The molecule has 0 spiro atoms. The number of aliphatic hydroxyl groups is 1. The maximum atomic E-state index is 8.76. The normalized spacial score (nSPS) is 14.4. The number of hydrogen-bond acceptors (Lipinski definition) is 4. The van der Waals surface area contributed by atoms with Gasteiger partial charge in [0, 0.05) is 0 Å². The summed E-state index contributed by atoms with van der Waals surface area (Å²) >= 11 is 0. The van der Waals surface area contributed by atoms with Crippen LogP contribution in [0.1, 0.15) is 6.92 Å². The third-order valence-electron chi connectivity index (χ3n) is 1.35. The van der Waals surface area contributed by atoms with Gasteiger partial charge in [0.1, 0.15) is 0 Å². The van der Waals surface area contributed by atoms with Crippen LogP contribution in [0.4, 0.5) is 0 Å². The molecule has 0 fully saturated rings. The van der Waals surface area contributed by atoms with Gasteiger partial charge in [-0.1, -0.05) is 0 Å². The molecule has 14 heavy (non-hydrogen) atoms. The number of ether oxygens (including phenoxy) is 2. The van der Waals surface area contributed by atoms with Gasteiger partial charge in [0.05, 0.1) is 26.4 Å². The lowest BCUT2D eigenvalue weighted by molar-refractivity contribution is -0.100. The van der Waals surface area contributed by atoms with Crippen molar-refractivity contribution < 1.29 is 19.0 Å². The van der Waals surface area contributed by atoms with E-state index in [9.17, 15) is 0 Å². The van der Waals surface area contributed by atoms with Gasteiger partial charge < -0.3 is 19.0 Å². The van der Waals surface area contributed by atoms with Gasteiger partial charge in [0.25, 0.3) is 0 Å². The van der Waals surface area contributed by atoms with Gasteiger partial charge in [0.15, 0.2) is 14.6 Å². The second-order valence-corrected chi connectivity index (χ2v) is 8.56. The Morgan fingerprint density at radius 2 is 1.64 bits per heavy atom. The average Bonchev–Trinajstić information content (AvgIpc) is 2.00. The second kappa shape index (κ2) is 7.36. The summed E-state index contributed by atoms with van der Waals surface area (Å²) in [6.45, 7) is 10.2. The van der Waals surface area contributed by atoms with E-state index in [-0.39, 0.29) is 0 Å². The van der Waals surface area contributed by atoms with Crippen LogP contribution in [0, 0.1) is 0 Å². The Hall–Kier alpha value is 0.0569. The fourth-order valence-corrected chi connectivity index (χ4v) is 1.48. The maximum Gasteiger partial charge on any atom is 0.183 e. The minimum absolute atomic E-state index is 0.421. The maximum absolute atomic E-state index is 8.76. The molecular formula is C9H22O4Si. The van der Waals surface area contributed by atoms with E-state index in [1.807, 2.05) is 0 Å². The molecule has 0 aromatic rings. The molecular weight excluding hydrogens is 200 g/mol. The van der Waals surface area contributed by atoms with Gasteiger partial charge in [-0.15, -0.1) is 0 Å². The van der Waals surface area contributed by atoms with Gasteiger partial charge in [0.2, 0.25) is 0 Å². The van der Waals surface area contributed by atoms with Crippen molar-refractivity contribution in [1.29, 1.82) is 0 Å². The molecule has 1 atom stereocenters. The molecule has 0 heterocycles. The molecule has 0 amide bonds. The highest BCUT2D eigenvalue weighted by molar-refractivity contribution is 6.69. The van der Waals surface area contributed by atoms with E-state index in [0.717, 1.165) is 0 Å². The minimum Gasteiger partial charge on any atom is -0.415 e. The summed E-state index contributed by atoms with van der Waals surface area (Å²) in [7, 11) is -1.39. The Balaban J connectivity index is 3.07. The van der Waals surface area contributed by atoms with E-state index in [1.54, 1.807) is 6.92 Å². The Labute approximate surface area is 87.3 Å². The summed E-state index contributed by atoms with van der Waals surface area (Å²) in [6.07, 6.45) is -0.711. The summed E-state index contributed by atoms with van der Waals surface area (Å²) in [6, 6.07) is 0. The Kier molecular flexibility index (Phi) is 7.39. The Morgan fingerprint density at radius 1 is 1.07 bits per heavy atom. The average molecular weight is 222 g/mol. The first kappa shape index (κ1) is 14.1. The van der Waals surface area contributed by atoms with Crippen molar-refractivity contribution in [2.45, 2.75) is 32.9 Å². The smallest absolute Gasteiger partial charge is 0.183 e. The van der Waals surface area contributed by atoms with Crippen LogP contribution in [-0.2, 0) is 13.9 Å². The van der Waals surface area contributed by atoms with E-state index < -0.39 is 14.6 Å². The molecule has 4 nitrogen and oxygen atoms in total. The minimum atomic E-state index is -1.39. The zero-order valence-corrected chi connectivity index (χ0v) is 10.6. The topological polar surface area (TPSA) is 47.9 Å². The number of aliphatic hydroxyl groups excluding tert-OH is 1. The summed E-state index contributed by atoms with van der Waals surface area (Å²) in [5, 5.41) is 8.76. The third kappa shape index (κ3) is 12.1. The van der Waals surface area contributed by atoms with Crippen molar-refractivity contribution in [3.63, 3.8) is 0 Å². The Morgan fingerprint density at radius 3 is 2.14 bits per heavy atom. The van der Waals surface area contributed by atoms with E-state index in [1.165, 1.54) is 0 Å². The zero-order valence-electron chi connectivity index (χ0n) is 9.58. The molecule has 1 unspecified atom stereocenters. The van der Waals surface area contributed by atoms with E-state index in [0.29, 0.717) is 26.4 Å². The van der Waals surface area contributed by atoms with Gasteiger partial charge in [-0.2, -0.15) is 0 Å². The molecule has 0 aliphatic rings. The molecule has 0 saturated carbocycles. The predicted octanol–water partition coefficient (Wildman–Crippen LogP) is 1.21. The fourth-order valence-electron chi connectivity index (χ4n) is 0.786. The van der Waals surface area contributed by atoms with Crippen LogP contribution in [0.2, 0.25) is 19.6 Å². The van der Waals surface area contributed by atoms with Crippen molar-refractivity contribution in [3.8, 4) is 0 Å². The van der Waals surface area contributed by atoms with Crippen LogP contribution in [-0.4, -0.2) is 46.1 Å². The monoisotopic (exact) mass is 222 g/mol. The van der Waals surface area contributed by atoms with Gasteiger partial charge in [-0.05, 0) is 26.6 Å². The molecule has 0 aromatic carbocycles. The summed E-state index contributed by atoms with van der Waals surface area (Å²) in [5.41, 5.74) is 0. The van der Waals surface area contributed by atoms with Gasteiger partial charge >= 0.3 is 0 Å². The number of rotatable bonds is 8. The largest absolute Gasteiger partial charge is 0.415 e. The van der Waals surface area contributed by atoms with Gasteiger partial charge in [-0.25, -0.2) is 0 Å². The fraction of sp³-hybridized carbons (Fsp3) is 1.00. The second-order valence-electron chi connectivity index (χ2n) is 4.04. The lowest BCUT2D eigenvalue weighted by Crippen LogP contribution is -2.27. The molecule has 0 radical (unpaired) electrons.